The van der Waals surface area contributed by atoms with E-state index < -0.39 is 0 Å². The van der Waals surface area contributed by atoms with Crippen LogP contribution in [0.15, 0.2) is 36.4 Å². The number of nitrogens with zero attached hydrogens (tertiary/aromatic N) is 1. The molecule has 0 saturated carbocycles. The Hall–Kier alpha value is -2.04. The van der Waals surface area contributed by atoms with Crippen LogP contribution in [-0.4, -0.2) is 44.8 Å². The van der Waals surface area contributed by atoms with Gasteiger partial charge < -0.3 is 19.7 Å². The molecule has 1 N–H and O–H groups in total. The molecule has 170 valence electrons. The standard InChI is InChI=1S/C27H40N2O2/c1-7-27(4,5)21-10-13-25(30-6)24(19-21)26-23-12-11-22(18-20(23)14-15-28-26)31-17-16-29(8-2)9-3/h10-13,18-19,26,28H,7-9,14-17H2,1-6H3. The van der Waals surface area contributed by atoms with Gasteiger partial charge in [-0.25, -0.2) is 0 Å². The van der Waals surface area contributed by atoms with E-state index in [4.69, 9.17) is 9.47 Å². The van der Waals surface area contributed by atoms with Crippen LogP contribution in [0.2, 0.25) is 0 Å². The van der Waals surface area contributed by atoms with Crippen molar-refractivity contribution in [3.63, 3.8) is 0 Å². The molecular weight excluding hydrogens is 384 g/mol. The number of fused-ring (bicyclic) bond motifs is 1. The maximum atomic E-state index is 6.08. The minimum absolute atomic E-state index is 0.135. The number of hydrogen-bond acceptors (Lipinski definition) is 4. The van der Waals surface area contributed by atoms with Crippen LogP contribution in [0.3, 0.4) is 0 Å². The summed E-state index contributed by atoms with van der Waals surface area (Å²) in [7, 11) is 1.76. The molecule has 0 radical (unpaired) electrons. The Morgan fingerprint density at radius 1 is 1.03 bits per heavy atom. The Morgan fingerprint density at radius 3 is 2.48 bits per heavy atom. The van der Waals surface area contributed by atoms with Crippen LogP contribution in [0.25, 0.3) is 0 Å². The predicted octanol–water partition coefficient (Wildman–Crippen LogP) is 5.34. The third-order valence-electron chi connectivity index (χ3n) is 6.94. The van der Waals surface area contributed by atoms with Gasteiger partial charge in [-0.15, -0.1) is 0 Å². The SMILES string of the molecule is CCN(CC)CCOc1ccc2c(c1)CCNC2c1cc(C(C)(C)CC)ccc1OC. The number of rotatable bonds is 10. The molecule has 2 aromatic rings. The van der Waals surface area contributed by atoms with Crippen LogP contribution < -0.4 is 14.8 Å². The smallest absolute Gasteiger partial charge is 0.124 e. The van der Waals surface area contributed by atoms with Crippen molar-refractivity contribution in [2.45, 2.75) is 58.9 Å². The quantitative estimate of drug-likeness (QED) is 0.558. The third kappa shape index (κ3) is 5.42. The van der Waals surface area contributed by atoms with E-state index >= 15 is 0 Å². The van der Waals surface area contributed by atoms with E-state index in [1.807, 2.05) is 0 Å². The van der Waals surface area contributed by atoms with Crippen molar-refractivity contribution in [1.82, 2.24) is 10.2 Å². The second kappa shape index (κ2) is 10.5. The molecule has 0 bridgehead atoms. The van der Waals surface area contributed by atoms with Gasteiger partial charge in [0.15, 0.2) is 0 Å². The average molecular weight is 425 g/mol. The summed E-state index contributed by atoms with van der Waals surface area (Å²) in [5, 5.41) is 3.73. The molecule has 31 heavy (non-hydrogen) atoms. The fourth-order valence-electron chi connectivity index (χ4n) is 4.33. The highest BCUT2D eigenvalue weighted by Crippen LogP contribution is 2.38. The van der Waals surface area contributed by atoms with Gasteiger partial charge in [0.05, 0.1) is 13.2 Å². The zero-order valence-corrected chi connectivity index (χ0v) is 20.3. The molecule has 1 unspecified atom stereocenters. The molecule has 4 nitrogen and oxygen atoms in total. The van der Waals surface area contributed by atoms with Gasteiger partial charge in [0.2, 0.25) is 0 Å². The number of nitrogens with one attached hydrogen (secondary N) is 1. The minimum atomic E-state index is 0.135. The number of methoxy groups -OCH3 is 1. The lowest BCUT2D eigenvalue weighted by atomic mass is 9.80. The Balaban J connectivity index is 1.85. The topological polar surface area (TPSA) is 33.7 Å². The maximum Gasteiger partial charge on any atom is 0.124 e. The number of likely N-dealkylation sites (N-methyl/N-ethyl adjacent to an activating group) is 1. The van der Waals surface area contributed by atoms with E-state index in [-0.39, 0.29) is 11.5 Å². The molecule has 1 aliphatic rings. The summed E-state index contributed by atoms with van der Waals surface area (Å²) in [6.45, 7) is 16.0. The molecule has 0 saturated heterocycles. The largest absolute Gasteiger partial charge is 0.496 e. The Kier molecular flexibility index (Phi) is 8.01. The lowest BCUT2D eigenvalue weighted by Crippen LogP contribution is -2.31. The van der Waals surface area contributed by atoms with Gasteiger partial charge in [-0.2, -0.15) is 0 Å². The van der Waals surface area contributed by atoms with E-state index in [0.29, 0.717) is 0 Å². The van der Waals surface area contributed by atoms with Crippen molar-refractivity contribution in [2.24, 2.45) is 0 Å². The third-order valence-corrected chi connectivity index (χ3v) is 6.94. The fourth-order valence-corrected chi connectivity index (χ4v) is 4.33. The average Bonchev–Trinajstić information content (AvgIpc) is 2.80. The van der Waals surface area contributed by atoms with Crippen molar-refractivity contribution in [1.29, 1.82) is 0 Å². The molecule has 1 heterocycles. The van der Waals surface area contributed by atoms with Gasteiger partial charge in [0.1, 0.15) is 18.1 Å². The van der Waals surface area contributed by atoms with Gasteiger partial charge in [-0.1, -0.05) is 46.8 Å². The zero-order valence-electron chi connectivity index (χ0n) is 20.3. The van der Waals surface area contributed by atoms with Crippen LogP contribution in [0.4, 0.5) is 0 Å². The molecule has 1 aliphatic heterocycles. The lowest BCUT2D eigenvalue weighted by molar-refractivity contribution is 0.222. The van der Waals surface area contributed by atoms with Crippen LogP contribution in [0.1, 0.15) is 69.3 Å². The van der Waals surface area contributed by atoms with Gasteiger partial charge >= 0.3 is 0 Å². The maximum absolute atomic E-state index is 6.08. The molecule has 0 aromatic heterocycles. The van der Waals surface area contributed by atoms with Crippen molar-refractivity contribution in [3.05, 3.63) is 58.7 Å². The van der Waals surface area contributed by atoms with Gasteiger partial charge in [-0.3, -0.25) is 0 Å². The molecule has 0 spiro atoms. The molecule has 2 aromatic carbocycles. The summed E-state index contributed by atoms with van der Waals surface area (Å²) in [4.78, 5) is 2.38. The van der Waals surface area contributed by atoms with Gasteiger partial charge in [-0.05, 0) is 72.3 Å². The lowest BCUT2D eigenvalue weighted by Gasteiger charge is -2.31. The highest BCUT2D eigenvalue weighted by Gasteiger charge is 2.27. The fraction of sp³-hybridized carbons (Fsp3) is 0.556. The van der Waals surface area contributed by atoms with Crippen molar-refractivity contribution < 1.29 is 9.47 Å². The number of hydrogen-bond donors (Lipinski definition) is 1. The number of benzene rings is 2. The Bertz CT molecular complexity index is 858. The summed E-state index contributed by atoms with van der Waals surface area (Å²) in [5.41, 5.74) is 5.41. The molecule has 0 amide bonds. The second-order valence-electron chi connectivity index (χ2n) is 9.07. The van der Waals surface area contributed by atoms with Crippen molar-refractivity contribution in [2.75, 3.05) is 39.9 Å². The van der Waals surface area contributed by atoms with Crippen LogP contribution in [0.5, 0.6) is 11.5 Å². The molecule has 1 atom stereocenters. The van der Waals surface area contributed by atoms with Crippen molar-refractivity contribution in [3.8, 4) is 11.5 Å². The van der Waals surface area contributed by atoms with Crippen LogP contribution >= 0.6 is 0 Å². The van der Waals surface area contributed by atoms with E-state index in [9.17, 15) is 0 Å². The first-order valence-corrected chi connectivity index (χ1v) is 11.8. The molecule has 4 heteroatoms. The Morgan fingerprint density at radius 2 is 1.81 bits per heavy atom. The van der Waals surface area contributed by atoms with E-state index in [0.717, 1.165) is 57.1 Å². The predicted molar refractivity (Wildman–Crippen MR) is 130 cm³/mol. The molecule has 0 aliphatic carbocycles. The van der Waals surface area contributed by atoms with E-state index in [1.165, 1.54) is 22.3 Å². The Labute approximate surface area is 188 Å². The summed E-state index contributed by atoms with van der Waals surface area (Å²) >= 11 is 0. The normalized spacial score (nSPS) is 16.3. The zero-order chi connectivity index (χ0) is 22.4. The highest BCUT2D eigenvalue weighted by molar-refractivity contribution is 5.49. The van der Waals surface area contributed by atoms with Crippen molar-refractivity contribution >= 4 is 0 Å². The summed E-state index contributed by atoms with van der Waals surface area (Å²) < 4.78 is 11.8. The highest BCUT2D eigenvalue weighted by atomic mass is 16.5. The first kappa shape index (κ1) is 23.6. The first-order valence-electron chi connectivity index (χ1n) is 11.8. The summed E-state index contributed by atoms with van der Waals surface area (Å²) in [5.74, 6) is 1.92. The molecule has 0 fully saturated rings. The monoisotopic (exact) mass is 424 g/mol. The minimum Gasteiger partial charge on any atom is -0.496 e. The summed E-state index contributed by atoms with van der Waals surface area (Å²) in [6.07, 6.45) is 2.11. The molecule has 3 rings (SSSR count). The first-order chi connectivity index (χ1) is 14.9. The molecular formula is C27H40N2O2. The van der Waals surface area contributed by atoms with Crippen LogP contribution in [-0.2, 0) is 11.8 Å². The second-order valence-corrected chi connectivity index (χ2v) is 9.07. The van der Waals surface area contributed by atoms with E-state index in [1.54, 1.807) is 7.11 Å². The number of ether oxygens (including phenoxy) is 2. The van der Waals surface area contributed by atoms with Gasteiger partial charge in [0, 0.05) is 18.7 Å². The van der Waals surface area contributed by atoms with Crippen LogP contribution in [0, 0.1) is 0 Å². The summed E-state index contributed by atoms with van der Waals surface area (Å²) in [6, 6.07) is 13.4. The van der Waals surface area contributed by atoms with E-state index in [2.05, 4.69) is 81.2 Å². The van der Waals surface area contributed by atoms with Gasteiger partial charge in [0.25, 0.3) is 0 Å².